The van der Waals surface area contributed by atoms with Gasteiger partial charge in [-0.1, -0.05) is 17.7 Å². The first-order valence-corrected chi connectivity index (χ1v) is 10.8. The molecule has 0 aromatic carbocycles. The Morgan fingerprint density at radius 3 is 2.90 bits per heavy atom. The Morgan fingerprint density at radius 1 is 1.30 bits per heavy atom. The van der Waals surface area contributed by atoms with Crippen molar-refractivity contribution >= 4 is 23.2 Å². The molecular formula is C22H27ClN4O3. The van der Waals surface area contributed by atoms with E-state index in [0.29, 0.717) is 29.7 Å². The molecule has 4 heterocycles. The Hall–Kier alpha value is -2.06. The normalized spacial score (nSPS) is 22.2. The van der Waals surface area contributed by atoms with Crippen LogP contribution in [0, 0.1) is 11.8 Å². The summed E-state index contributed by atoms with van der Waals surface area (Å²) in [6, 6.07) is 7.60. The number of carbonyl (C=O) groups is 1. The summed E-state index contributed by atoms with van der Waals surface area (Å²) in [6.45, 7) is 3.46. The highest BCUT2D eigenvalue weighted by Gasteiger charge is 2.31. The predicted molar refractivity (Wildman–Crippen MR) is 116 cm³/mol. The number of anilines is 1. The Balaban J connectivity index is 1.46. The van der Waals surface area contributed by atoms with Crippen molar-refractivity contribution in [2.75, 3.05) is 38.2 Å². The number of nitrogens with one attached hydrogen (secondary N) is 2. The summed E-state index contributed by atoms with van der Waals surface area (Å²) in [7, 11) is 0. The van der Waals surface area contributed by atoms with Gasteiger partial charge in [0.2, 0.25) is 0 Å². The number of rotatable bonds is 7. The molecule has 2 aliphatic rings. The van der Waals surface area contributed by atoms with Gasteiger partial charge in [-0.15, -0.1) is 0 Å². The molecule has 2 fully saturated rings. The number of aliphatic hydroxyl groups is 1. The molecule has 0 bridgehead atoms. The molecule has 0 spiro atoms. The number of Topliss-reactive ketones (excluding diaryl/α,β-unsaturated/α-hetero) is 1. The van der Waals surface area contributed by atoms with Gasteiger partial charge in [-0.25, -0.2) is 4.98 Å². The fourth-order valence-corrected chi connectivity index (χ4v) is 4.16. The maximum Gasteiger partial charge on any atom is 0.145 e. The molecule has 0 aliphatic carbocycles. The second-order valence-corrected chi connectivity index (χ2v) is 8.38. The van der Waals surface area contributed by atoms with Crippen LogP contribution in [0.2, 0.25) is 5.02 Å². The van der Waals surface area contributed by atoms with E-state index in [-0.39, 0.29) is 18.1 Å². The number of hydrogen-bond donors (Lipinski definition) is 3. The van der Waals surface area contributed by atoms with Gasteiger partial charge < -0.3 is 20.5 Å². The van der Waals surface area contributed by atoms with Crippen LogP contribution < -0.4 is 10.6 Å². The lowest BCUT2D eigenvalue weighted by atomic mass is 9.96. The van der Waals surface area contributed by atoms with Crippen molar-refractivity contribution in [2.24, 2.45) is 11.8 Å². The highest BCUT2D eigenvalue weighted by atomic mass is 35.5. The molecule has 2 aromatic heterocycles. The fourth-order valence-electron chi connectivity index (χ4n) is 3.96. The first kappa shape index (κ1) is 21.2. The number of ether oxygens (including phenoxy) is 1. The first-order chi connectivity index (χ1) is 14.6. The summed E-state index contributed by atoms with van der Waals surface area (Å²) in [5.41, 5.74) is 2.10. The summed E-state index contributed by atoms with van der Waals surface area (Å²) in [4.78, 5) is 21.6. The molecule has 0 amide bonds. The van der Waals surface area contributed by atoms with Crippen molar-refractivity contribution in [2.45, 2.75) is 25.4 Å². The molecule has 0 unspecified atom stereocenters. The van der Waals surface area contributed by atoms with E-state index < -0.39 is 6.10 Å². The number of ketones is 1. The Kier molecular flexibility index (Phi) is 6.94. The maximum atomic E-state index is 12.5. The van der Waals surface area contributed by atoms with Crippen molar-refractivity contribution in [3.05, 3.63) is 41.2 Å². The van der Waals surface area contributed by atoms with E-state index in [1.54, 1.807) is 6.20 Å². The topological polar surface area (TPSA) is 96.4 Å². The lowest BCUT2D eigenvalue weighted by Crippen LogP contribution is -2.28. The number of pyridine rings is 2. The van der Waals surface area contributed by atoms with Gasteiger partial charge in [-0.05, 0) is 37.0 Å². The molecule has 7 nitrogen and oxygen atoms in total. The van der Waals surface area contributed by atoms with Gasteiger partial charge in [0, 0.05) is 56.7 Å². The number of nitrogens with zero attached hydrogens (tertiary/aromatic N) is 2. The quantitative estimate of drug-likeness (QED) is 0.620. The third-order valence-corrected chi connectivity index (χ3v) is 6.10. The van der Waals surface area contributed by atoms with Crippen LogP contribution in [0.4, 0.5) is 5.82 Å². The molecule has 2 saturated heterocycles. The monoisotopic (exact) mass is 430 g/mol. The summed E-state index contributed by atoms with van der Waals surface area (Å²) in [6.07, 6.45) is 3.21. The fraction of sp³-hybridized carbons (Fsp3) is 0.500. The average Bonchev–Trinajstić information content (AvgIpc) is 3.20. The lowest BCUT2D eigenvalue weighted by Gasteiger charge is -2.22. The summed E-state index contributed by atoms with van der Waals surface area (Å²) in [5.74, 6) is 0.978. The number of aliphatic hydroxyl groups excluding tert-OH is 1. The Labute approximate surface area is 181 Å². The van der Waals surface area contributed by atoms with Gasteiger partial charge in [0.25, 0.3) is 0 Å². The zero-order valence-electron chi connectivity index (χ0n) is 16.8. The van der Waals surface area contributed by atoms with Gasteiger partial charge >= 0.3 is 0 Å². The second-order valence-electron chi connectivity index (χ2n) is 7.98. The molecular weight excluding hydrogens is 404 g/mol. The summed E-state index contributed by atoms with van der Waals surface area (Å²) in [5, 5.41) is 16.9. The number of carbonyl (C=O) groups excluding carboxylic acids is 1. The Morgan fingerprint density at radius 2 is 2.13 bits per heavy atom. The third kappa shape index (κ3) is 5.16. The van der Waals surface area contributed by atoms with Gasteiger partial charge in [0.1, 0.15) is 11.6 Å². The first-order valence-electron chi connectivity index (χ1n) is 10.4. The van der Waals surface area contributed by atoms with Crippen LogP contribution in [-0.4, -0.2) is 59.8 Å². The van der Waals surface area contributed by atoms with Crippen LogP contribution in [0.3, 0.4) is 0 Å². The molecule has 160 valence electrons. The molecule has 2 aromatic rings. The molecule has 2 aliphatic heterocycles. The van der Waals surface area contributed by atoms with E-state index in [1.807, 2.05) is 24.3 Å². The summed E-state index contributed by atoms with van der Waals surface area (Å²) < 4.78 is 5.41. The van der Waals surface area contributed by atoms with E-state index in [1.165, 1.54) is 0 Å². The third-order valence-electron chi connectivity index (χ3n) is 5.80. The SMILES string of the molecule is O=C(Cc1cc(-c2cccc(NCC3CCOCC3)n2)c(Cl)cn1)[C@H]1CNC[C@@H]1O. The number of β-amino-alcohol motifs (C(OH)–C–C–N with tert-alkyl or cyclic N) is 1. The average molecular weight is 431 g/mol. The van der Waals surface area contributed by atoms with Crippen LogP contribution in [0.1, 0.15) is 18.5 Å². The smallest absolute Gasteiger partial charge is 0.145 e. The zero-order valence-corrected chi connectivity index (χ0v) is 17.6. The summed E-state index contributed by atoms with van der Waals surface area (Å²) >= 11 is 6.40. The number of hydrogen-bond acceptors (Lipinski definition) is 7. The molecule has 3 N–H and O–H groups in total. The standard InChI is InChI=1S/C22H27ClN4O3/c23-18-12-25-15(9-20(28)17-11-24-13-21(17)29)8-16(18)19-2-1-3-22(27-19)26-10-14-4-6-30-7-5-14/h1-3,8,12,14,17,21,24,29H,4-7,9-11,13H2,(H,26,27)/t17-,21+/m1/s1. The van der Waals surface area contributed by atoms with Gasteiger partial charge in [-0.2, -0.15) is 0 Å². The number of halogens is 1. The highest BCUT2D eigenvalue weighted by molar-refractivity contribution is 6.33. The number of aromatic nitrogens is 2. The van der Waals surface area contributed by atoms with E-state index in [2.05, 4.69) is 15.6 Å². The van der Waals surface area contributed by atoms with E-state index in [4.69, 9.17) is 21.3 Å². The molecule has 2 atom stereocenters. The van der Waals surface area contributed by atoms with Crippen molar-refractivity contribution in [3.63, 3.8) is 0 Å². The van der Waals surface area contributed by atoms with Crippen LogP contribution in [0.25, 0.3) is 11.3 Å². The van der Waals surface area contributed by atoms with Gasteiger partial charge in [-0.3, -0.25) is 9.78 Å². The van der Waals surface area contributed by atoms with Gasteiger partial charge in [0.15, 0.2) is 0 Å². The molecule has 4 rings (SSSR count). The Bertz CT molecular complexity index is 888. The minimum Gasteiger partial charge on any atom is -0.391 e. The lowest BCUT2D eigenvalue weighted by molar-refractivity contribution is -0.124. The van der Waals surface area contributed by atoms with Crippen LogP contribution in [0.15, 0.2) is 30.5 Å². The van der Waals surface area contributed by atoms with Crippen molar-refractivity contribution in [1.82, 2.24) is 15.3 Å². The molecule has 0 saturated carbocycles. The van der Waals surface area contributed by atoms with Crippen molar-refractivity contribution in [1.29, 1.82) is 0 Å². The zero-order chi connectivity index (χ0) is 20.9. The molecule has 0 radical (unpaired) electrons. The molecule has 8 heteroatoms. The molecule has 30 heavy (non-hydrogen) atoms. The maximum absolute atomic E-state index is 12.5. The van der Waals surface area contributed by atoms with Crippen molar-refractivity contribution < 1.29 is 14.6 Å². The van der Waals surface area contributed by atoms with Crippen LogP contribution in [0.5, 0.6) is 0 Å². The van der Waals surface area contributed by atoms with E-state index >= 15 is 0 Å². The van der Waals surface area contributed by atoms with Crippen LogP contribution >= 0.6 is 11.6 Å². The minimum atomic E-state index is -0.635. The van der Waals surface area contributed by atoms with Crippen molar-refractivity contribution in [3.8, 4) is 11.3 Å². The van der Waals surface area contributed by atoms with E-state index in [9.17, 15) is 9.90 Å². The van der Waals surface area contributed by atoms with E-state index in [0.717, 1.165) is 49.7 Å². The highest BCUT2D eigenvalue weighted by Crippen LogP contribution is 2.28. The second kappa shape index (κ2) is 9.83. The predicted octanol–water partition coefficient (Wildman–Crippen LogP) is 2.33. The van der Waals surface area contributed by atoms with Gasteiger partial charge in [0.05, 0.1) is 22.7 Å². The largest absolute Gasteiger partial charge is 0.391 e. The minimum absolute atomic E-state index is 0.0203. The van der Waals surface area contributed by atoms with Crippen LogP contribution in [-0.2, 0) is 16.0 Å².